The Balaban J connectivity index is 0.000000264. The molecule has 33 heavy (non-hydrogen) atoms. The third-order valence-corrected chi connectivity index (χ3v) is 9.07. The van der Waals surface area contributed by atoms with Gasteiger partial charge in [-0.05, 0) is 52.4 Å². The minimum Gasteiger partial charge on any atom is -0.480 e. The van der Waals surface area contributed by atoms with Crippen molar-refractivity contribution in [2.75, 3.05) is 45.9 Å². The molecular weight excluding hydrogens is 480 g/mol. The van der Waals surface area contributed by atoms with Gasteiger partial charge in [-0.1, -0.05) is 0 Å². The molecule has 0 saturated carbocycles. The average Bonchev–Trinajstić information content (AvgIpc) is 2.75. The summed E-state index contributed by atoms with van der Waals surface area (Å²) in [5, 5.41) is 17.1. The fourth-order valence-corrected chi connectivity index (χ4v) is 5.81. The van der Waals surface area contributed by atoms with Gasteiger partial charge >= 0.3 is 5.97 Å². The molecule has 2 N–H and O–H groups in total. The Bertz CT molecular complexity index is 775. The Hall–Kier alpha value is -0.830. The largest absolute Gasteiger partial charge is 0.480 e. The van der Waals surface area contributed by atoms with Gasteiger partial charge in [-0.3, -0.25) is 8.98 Å². The van der Waals surface area contributed by atoms with E-state index >= 15 is 0 Å². The number of hydrogen-bond acceptors (Lipinski definition) is 10. The lowest BCUT2D eigenvalue weighted by molar-refractivity contribution is -0.139. The molecule has 0 radical (unpaired) electrons. The second-order valence-corrected chi connectivity index (χ2v) is 13.0. The molecule has 13 heteroatoms. The first kappa shape index (κ1) is 30.2. The minimum atomic E-state index is -3.64. The molecule has 0 spiro atoms. The van der Waals surface area contributed by atoms with Gasteiger partial charge < -0.3 is 24.4 Å². The highest BCUT2D eigenvalue weighted by Crippen LogP contribution is 2.27. The normalized spacial score (nSPS) is 21.8. The van der Waals surface area contributed by atoms with Crippen LogP contribution in [0.2, 0.25) is 0 Å². The molecule has 0 bridgehead atoms. The van der Waals surface area contributed by atoms with Crippen molar-refractivity contribution in [3.8, 4) is 0 Å². The molecule has 3 fully saturated rings. The van der Waals surface area contributed by atoms with E-state index in [-0.39, 0.29) is 12.2 Å². The summed E-state index contributed by atoms with van der Waals surface area (Å²) in [4.78, 5) is 10.9. The molecule has 0 aliphatic carbocycles. The van der Waals surface area contributed by atoms with Crippen LogP contribution >= 0.6 is 0 Å². The molecule has 3 saturated heterocycles. The Labute approximate surface area is 196 Å². The Kier molecular flexibility index (Phi) is 12.7. The van der Waals surface area contributed by atoms with Crippen LogP contribution in [0.3, 0.4) is 0 Å². The number of carboxylic acid groups (broad SMARTS) is 1. The molecule has 3 aliphatic rings. The van der Waals surface area contributed by atoms with Crippen LogP contribution in [0.1, 0.15) is 52.4 Å². The Morgan fingerprint density at radius 3 is 1.55 bits per heavy atom. The highest BCUT2D eigenvalue weighted by molar-refractivity contribution is 7.94. The number of hydrogen-bond donors (Lipinski definition) is 2. The lowest BCUT2D eigenvalue weighted by atomic mass is 10.2. The molecular formula is C20H38O11S2. The number of carboxylic acids is 1. The highest BCUT2D eigenvalue weighted by atomic mass is 32.2. The van der Waals surface area contributed by atoms with E-state index in [1.807, 2.05) is 0 Å². The summed E-state index contributed by atoms with van der Waals surface area (Å²) in [6.07, 6.45) is 4.58. The number of rotatable bonds is 5. The molecule has 3 aliphatic heterocycles. The molecule has 11 nitrogen and oxygen atoms in total. The zero-order valence-corrected chi connectivity index (χ0v) is 21.2. The quantitative estimate of drug-likeness (QED) is 0.494. The topological polar surface area (TPSA) is 163 Å². The predicted molar refractivity (Wildman–Crippen MR) is 120 cm³/mol. The molecule has 0 aromatic heterocycles. The first-order valence-electron chi connectivity index (χ1n) is 11.0. The third kappa shape index (κ3) is 11.0. The van der Waals surface area contributed by atoms with Crippen LogP contribution in [0.25, 0.3) is 0 Å². The number of aliphatic hydroxyl groups excluding tert-OH is 1. The van der Waals surface area contributed by atoms with E-state index < -0.39 is 35.9 Å². The minimum absolute atomic E-state index is 0.0891. The van der Waals surface area contributed by atoms with E-state index in [1.54, 1.807) is 0 Å². The van der Waals surface area contributed by atoms with Crippen molar-refractivity contribution in [3.63, 3.8) is 0 Å². The first-order chi connectivity index (χ1) is 15.3. The van der Waals surface area contributed by atoms with Crippen LogP contribution in [-0.4, -0.2) is 101 Å². The summed E-state index contributed by atoms with van der Waals surface area (Å²) in [6.45, 7) is 5.92. The molecule has 0 aromatic carbocycles. The van der Waals surface area contributed by atoms with Crippen LogP contribution in [0.5, 0.6) is 0 Å². The lowest BCUT2D eigenvalue weighted by Gasteiger charge is -2.29. The maximum Gasteiger partial charge on any atom is 0.324 e. The second-order valence-electron chi connectivity index (χ2n) is 8.63. The zero-order chi connectivity index (χ0) is 25.1. The molecule has 0 unspecified atom stereocenters. The van der Waals surface area contributed by atoms with Crippen molar-refractivity contribution in [3.05, 3.63) is 0 Å². The molecule has 0 atom stereocenters. The SMILES string of the molecule is CC(C)(C(=O)O)S(=O)(=O)C1CCOCC1.CS(=O)(=O)OC1CCOCC1.OC1CCOCC1. The van der Waals surface area contributed by atoms with Gasteiger partial charge in [0.25, 0.3) is 10.1 Å². The zero-order valence-electron chi connectivity index (χ0n) is 19.6. The fraction of sp³-hybridized carbons (Fsp3) is 0.950. The van der Waals surface area contributed by atoms with Crippen molar-refractivity contribution in [1.29, 1.82) is 0 Å². The van der Waals surface area contributed by atoms with E-state index in [0.717, 1.165) is 32.3 Å². The van der Waals surface area contributed by atoms with Gasteiger partial charge in [-0.25, -0.2) is 8.42 Å². The van der Waals surface area contributed by atoms with Gasteiger partial charge in [-0.15, -0.1) is 0 Å². The maximum absolute atomic E-state index is 12.0. The smallest absolute Gasteiger partial charge is 0.324 e. The number of sulfone groups is 1. The van der Waals surface area contributed by atoms with Crippen molar-refractivity contribution in [1.82, 2.24) is 0 Å². The average molecular weight is 519 g/mol. The van der Waals surface area contributed by atoms with Crippen LogP contribution < -0.4 is 0 Å². The number of carbonyl (C=O) groups is 1. The Morgan fingerprint density at radius 1 is 0.818 bits per heavy atom. The van der Waals surface area contributed by atoms with Gasteiger partial charge in [0.1, 0.15) is 0 Å². The highest BCUT2D eigenvalue weighted by Gasteiger charge is 2.46. The summed E-state index contributed by atoms with van der Waals surface area (Å²) in [7, 11) is -6.92. The van der Waals surface area contributed by atoms with Gasteiger partial charge in [-0.2, -0.15) is 8.42 Å². The van der Waals surface area contributed by atoms with Crippen LogP contribution in [0.4, 0.5) is 0 Å². The van der Waals surface area contributed by atoms with E-state index in [2.05, 4.69) is 0 Å². The summed E-state index contributed by atoms with van der Waals surface area (Å²) < 4.78 is 63.4. The lowest BCUT2D eigenvalue weighted by Crippen LogP contribution is -2.47. The van der Waals surface area contributed by atoms with Gasteiger partial charge in [0.05, 0.1) is 23.7 Å². The van der Waals surface area contributed by atoms with E-state index in [9.17, 15) is 21.6 Å². The van der Waals surface area contributed by atoms with Gasteiger partial charge in [0.15, 0.2) is 14.6 Å². The van der Waals surface area contributed by atoms with Crippen molar-refractivity contribution in [2.24, 2.45) is 0 Å². The van der Waals surface area contributed by atoms with E-state index in [1.165, 1.54) is 13.8 Å². The summed E-state index contributed by atoms with van der Waals surface area (Å²) in [5.41, 5.74) is 0. The van der Waals surface area contributed by atoms with Crippen molar-refractivity contribution in [2.45, 2.75) is 74.6 Å². The number of aliphatic hydroxyl groups is 1. The van der Waals surface area contributed by atoms with Crippen molar-refractivity contribution >= 4 is 25.9 Å². The second kappa shape index (κ2) is 13.9. The molecule has 3 heterocycles. The molecule has 0 amide bonds. The summed E-state index contributed by atoms with van der Waals surface area (Å²) in [6, 6.07) is 0. The molecule has 0 aromatic rings. The van der Waals surface area contributed by atoms with Crippen LogP contribution in [-0.2, 0) is 43.1 Å². The summed E-state index contributed by atoms with van der Waals surface area (Å²) >= 11 is 0. The van der Waals surface area contributed by atoms with E-state index in [4.69, 9.17) is 28.6 Å². The van der Waals surface area contributed by atoms with E-state index in [0.29, 0.717) is 52.1 Å². The Morgan fingerprint density at radius 2 is 1.21 bits per heavy atom. The first-order valence-corrected chi connectivity index (χ1v) is 14.4. The number of aliphatic carboxylic acids is 1. The predicted octanol–water partition coefficient (Wildman–Crippen LogP) is 0.743. The van der Waals surface area contributed by atoms with Crippen LogP contribution in [0, 0.1) is 0 Å². The maximum atomic E-state index is 12.0. The van der Waals surface area contributed by atoms with Crippen molar-refractivity contribution < 1.29 is 50.2 Å². The van der Waals surface area contributed by atoms with Gasteiger partial charge in [0, 0.05) is 39.6 Å². The molecule has 3 rings (SSSR count). The number of ether oxygens (including phenoxy) is 3. The fourth-order valence-electron chi connectivity index (χ4n) is 3.23. The third-order valence-electron chi connectivity index (χ3n) is 5.50. The monoisotopic (exact) mass is 518 g/mol. The van der Waals surface area contributed by atoms with Crippen LogP contribution in [0.15, 0.2) is 0 Å². The molecule has 196 valence electrons. The standard InChI is InChI=1S/C9H16O5S.C6H12O4S.C5H10O2/c1-9(2,8(10)11)15(12,13)7-3-5-14-6-4-7;1-11(7,8)10-6-2-4-9-5-3-6;6-5-1-3-7-4-2-5/h7H,3-6H2,1-2H3,(H,10,11);6H,2-5H2,1H3;5-6H,1-4H2. The van der Waals surface area contributed by atoms with Gasteiger partial charge in [0.2, 0.25) is 0 Å². The summed E-state index contributed by atoms with van der Waals surface area (Å²) in [5.74, 6) is -1.30.